The van der Waals surface area contributed by atoms with Gasteiger partial charge in [0.2, 0.25) is 5.91 Å². The lowest BCUT2D eigenvalue weighted by Gasteiger charge is -2.21. The Hall–Kier alpha value is -1.31. The number of carbonyl (C=O) groups is 1. The quantitative estimate of drug-likeness (QED) is 0.820. The van der Waals surface area contributed by atoms with Crippen molar-refractivity contribution in [3.63, 3.8) is 0 Å². The molecule has 0 saturated carbocycles. The van der Waals surface area contributed by atoms with E-state index in [0.717, 1.165) is 16.9 Å². The van der Waals surface area contributed by atoms with E-state index in [-0.39, 0.29) is 17.9 Å². The smallest absolute Gasteiger partial charge is 0.225 e. The van der Waals surface area contributed by atoms with Crippen molar-refractivity contribution in [2.24, 2.45) is 5.41 Å². The summed E-state index contributed by atoms with van der Waals surface area (Å²) in [6.45, 7) is 6.29. The lowest BCUT2D eigenvalue weighted by Crippen LogP contribution is -2.35. The number of rotatable bonds is 4. The predicted octanol–water partition coefficient (Wildman–Crippen LogP) is 2.14. The van der Waals surface area contributed by atoms with Crippen LogP contribution >= 0.6 is 11.3 Å². The van der Waals surface area contributed by atoms with Crippen LogP contribution in [0.4, 0.5) is 0 Å². The van der Waals surface area contributed by atoms with E-state index in [2.05, 4.69) is 17.2 Å². The third-order valence-corrected chi connectivity index (χ3v) is 3.82. The fourth-order valence-electron chi connectivity index (χ4n) is 1.25. The molecule has 1 aromatic rings. The van der Waals surface area contributed by atoms with Gasteiger partial charge in [-0.25, -0.2) is 0 Å². The summed E-state index contributed by atoms with van der Waals surface area (Å²) in [5.41, 5.74) is 0.560. The van der Waals surface area contributed by atoms with Crippen LogP contribution in [0.3, 0.4) is 0 Å². The highest BCUT2D eigenvalue weighted by molar-refractivity contribution is 7.10. The Labute approximate surface area is 112 Å². The molecule has 1 heterocycles. The second-order valence-electron chi connectivity index (χ2n) is 4.68. The van der Waals surface area contributed by atoms with Crippen LogP contribution in [0.15, 0.2) is 11.4 Å². The van der Waals surface area contributed by atoms with Crippen molar-refractivity contribution < 1.29 is 9.90 Å². The SMILES string of the molecule is CCC(C)(C)C(=O)NCc1cc(C#CCO)cs1. The van der Waals surface area contributed by atoms with E-state index < -0.39 is 0 Å². The van der Waals surface area contributed by atoms with Gasteiger partial charge in [-0.2, -0.15) is 0 Å². The highest BCUT2D eigenvalue weighted by atomic mass is 32.1. The van der Waals surface area contributed by atoms with Crippen molar-refractivity contribution in [2.75, 3.05) is 6.61 Å². The van der Waals surface area contributed by atoms with E-state index in [1.807, 2.05) is 32.2 Å². The molecule has 0 fully saturated rings. The second kappa shape index (κ2) is 6.58. The first-order chi connectivity index (χ1) is 8.49. The first kappa shape index (κ1) is 14.7. The molecule has 0 unspecified atom stereocenters. The first-order valence-corrected chi connectivity index (χ1v) is 6.83. The van der Waals surface area contributed by atoms with E-state index in [0.29, 0.717) is 6.54 Å². The van der Waals surface area contributed by atoms with E-state index >= 15 is 0 Å². The molecule has 0 radical (unpaired) electrons. The number of amides is 1. The zero-order valence-corrected chi connectivity index (χ0v) is 11.9. The number of hydrogen-bond acceptors (Lipinski definition) is 3. The molecule has 0 bridgehead atoms. The van der Waals surface area contributed by atoms with Gasteiger partial charge in [0, 0.05) is 21.2 Å². The molecule has 0 aliphatic rings. The lowest BCUT2D eigenvalue weighted by molar-refractivity contribution is -0.129. The molecule has 3 nitrogen and oxygen atoms in total. The number of thiophene rings is 1. The van der Waals surface area contributed by atoms with Gasteiger partial charge in [0.05, 0.1) is 6.54 Å². The van der Waals surface area contributed by atoms with Crippen molar-refractivity contribution in [3.05, 3.63) is 21.9 Å². The lowest BCUT2D eigenvalue weighted by atomic mass is 9.89. The summed E-state index contributed by atoms with van der Waals surface area (Å²) in [5.74, 6) is 5.51. The van der Waals surface area contributed by atoms with Gasteiger partial charge in [0.25, 0.3) is 0 Å². The first-order valence-electron chi connectivity index (χ1n) is 5.95. The molecule has 4 heteroatoms. The van der Waals surface area contributed by atoms with Crippen LogP contribution in [0.5, 0.6) is 0 Å². The summed E-state index contributed by atoms with van der Waals surface area (Å²) in [6.07, 6.45) is 0.816. The van der Waals surface area contributed by atoms with Gasteiger partial charge in [-0.05, 0) is 12.5 Å². The number of hydrogen-bond donors (Lipinski definition) is 2. The fraction of sp³-hybridized carbons (Fsp3) is 0.500. The third kappa shape index (κ3) is 4.17. The Balaban J connectivity index is 2.54. The van der Waals surface area contributed by atoms with Crippen LogP contribution in [-0.2, 0) is 11.3 Å². The monoisotopic (exact) mass is 265 g/mol. The second-order valence-corrected chi connectivity index (χ2v) is 5.68. The molecule has 2 N–H and O–H groups in total. The average Bonchev–Trinajstić information content (AvgIpc) is 2.81. The Morgan fingerprint density at radius 2 is 2.28 bits per heavy atom. The van der Waals surface area contributed by atoms with Crippen molar-refractivity contribution in [1.82, 2.24) is 5.32 Å². The van der Waals surface area contributed by atoms with Crippen LogP contribution in [0.1, 0.15) is 37.6 Å². The minimum atomic E-state index is -0.323. The highest BCUT2D eigenvalue weighted by Gasteiger charge is 2.24. The van der Waals surface area contributed by atoms with Gasteiger partial charge < -0.3 is 10.4 Å². The molecule has 18 heavy (non-hydrogen) atoms. The number of aliphatic hydroxyl groups is 1. The standard InChI is InChI=1S/C14H19NO2S/c1-4-14(2,3)13(17)15-9-12-8-11(10-18-12)6-5-7-16/h8,10,16H,4,7,9H2,1-3H3,(H,15,17). The van der Waals surface area contributed by atoms with Crippen LogP contribution in [-0.4, -0.2) is 17.6 Å². The minimum Gasteiger partial charge on any atom is -0.384 e. The molecule has 0 aliphatic carbocycles. The third-order valence-electron chi connectivity index (χ3n) is 2.89. The van der Waals surface area contributed by atoms with Gasteiger partial charge in [0.1, 0.15) is 6.61 Å². The zero-order chi connectivity index (χ0) is 13.6. The number of nitrogens with one attached hydrogen (secondary N) is 1. The van der Waals surface area contributed by atoms with E-state index in [9.17, 15) is 4.79 Å². The molecule has 1 aromatic heterocycles. The van der Waals surface area contributed by atoms with Gasteiger partial charge in [-0.1, -0.05) is 32.6 Å². The van der Waals surface area contributed by atoms with Crippen molar-refractivity contribution in [1.29, 1.82) is 0 Å². The van der Waals surface area contributed by atoms with Gasteiger partial charge >= 0.3 is 0 Å². The van der Waals surface area contributed by atoms with Gasteiger partial charge in [-0.15, -0.1) is 11.3 Å². The molecule has 0 spiro atoms. The molecule has 1 rings (SSSR count). The Kier molecular flexibility index (Phi) is 5.39. The van der Waals surface area contributed by atoms with Gasteiger partial charge in [0.15, 0.2) is 0 Å². The Morgan fingerprint density at radius 1 is 1.56 bits per heavy atom. The molecule has 98 valence electrons. The molecule has 0 saturated heterocycles. The number of carbonyl (C=O) groups excluding carboxylic acids is 1. The summed E-state index contributed by atoms with van der Waals surface area (Å²) in [6, 6.07) is 1.94. The summed E-state index contributed by atoms with van der Waals surface area (Å²) < 4.78 is 0. The van der Waals surface area contributed by atoms with E-state index in [1.165, 1.54) is 0 Å². The largest absolute Gasteiger partial charge is 0.384 e. The highest BCUT2D eigenvalue weighted by Crippen LogP contribution is 2.20. The molecular formula is C14H19NO2S. The molecule has 0 aliphatic heterocycles. The van der Waals surface area contributed by atoms with Crippen molar-refractivity contribution in [2.45, 2.75) is 33.7 Å². The van der Waals surface area contributed by atoms with E-state index in [4.69, 9.17) is 5.11 Å². The average molecular weight is 265 g/mol. The predicted molar refractivity (Wildman–Crippen MR) is 74.2 cm³/mol. The van der Waals surface area contributed by atoms with Crippen LogP contribution in [0.25, 0.3) is 0 Å². The summed E-state index contributed by atoms with van der Waals surface area (Å²) in [7, 11) is 0. The Morgan fingerprint density at radius 3 is 2.89 bits per heavy atom. The summed E-state index contributed by atoms with van der Waals surface area (Å²) in [4.78, 5) is 12.9. The van der Waals surface area contributed by atoms with Gasteiger partial charge in [-0.3, -0.25) is 4.79 Å². The van der Waals surface area contributed by atoms with Crippen LogP contribution < -0.4 is 5.32 Å². The summed E-state index contributed by atoms with van der Waals surface area (Å²) in [5, 5.41) is 13.5. The molecular weight excluding hydrogens is 246 g/mol. The van der Waals surface area contributed by atoms with Crippen LogP contribution in [0.2, 0.25) is 0 Å². The van der Waals surface area contributed by atoms with E-state index in [1.54, 1.807) is 11.3 Å². The molecule has 0 aromatic carbocycles. The van der Waals surface area contributed by atoms with Crippen molar-refractivity contribution >= 4 is 17.2 Å². The maximum atomic E-state index is 11.9. The molecule has 1 amide bonds. The zero-order valence-electron chi connectivity index (χ0n) is 11.0. The minimum absolute atomic E-state index is 0.0707. The maximum Gasteiger partial charge on any atom is 0.225 e. The normalized spacial score (nSPS) is 10.7. The fourth-order valence-corrected chi connectivity index (χ4v) is 2.00. The van der Waals surface area contributed by atoms with Crippen LogP contribution in [0, 0.1) is 17.3 Å². The molecule has 0 atom stereocenters. The Bertz CT molecular complexity index is 466. The summed E-state index contributed by atoms with van der Waals surface area (Å²) >= 11 is 1.56. The van der Waals surface area contributed by atoms with Crippen molar-refractivity contribution in [3.8, 4) is 11.8 Å². The topological polar surface area (TPSA) is 49.3 Å². The number of aliphatic hydroxyl groups excluding tert-OH is 1. The maximum absolute atomic E-state index is 11.9.